The van der Waals surface area contributed by atoms with Gasteiger partial charge in [0.1, 0.15) is 5.75 Å². The Hall–Kier alpha value is -2.64. The molecule has 0 aliphatic carbocycles. The van der Waals surface area contributed by atoms with Gasteiger partial charge in [-0.25, -0.2) is 0 Å². The van der Waals surface area contributed by atoms with E-state index in [1.165, 1.54) is 0 Å². The van der Waals surface area contributed by atoms with Gasteiger partial charge in [-0.1, -0.05) is 17.7 Å². The van der Waals surface area contributed by atoms with Crippen molar-refractivity contribution in [1.29, 1.82) is 0 Å². The number of hydrogen-bond acceptors (Lipinski definition) is 3. The summed E-state index contributed by atoms with van der Waals surface area (Å²) in [6, 6.07) is 5.10. The molecule has 0 bridgehead atoms. The molecule has 0 saturated heterocycles. The van der Waals surface area contributed by atoms with Crippen LogP contribution in [0.15, 0.2) is 35.6 Å². The van der Waals surface area contributed by atoms with Crippen LogP contribution < -0.4 is 15.4 Å². The Balaban J connectivity index is 1.88. The summed E-state index contributed by atoms with van der Waals surface area (Å²) < 4.78 is 31.4. The Morgan fingerprint density at radius 2 is 2.08 bits per heavy atom. The Bertz CT molecular complexity index is 715. The van der Waals surface area contributed by atoms with Crippen molar-refractivity contribution < 1.29 is 13.5 Å². The minimum Gasteiger partial charge on any atom is -0.434 e. The number of nitrogens with one attached hydrogen (secondary N) is 2. The average Bonchev–Trinajstić information content (AvgIpc) is 2.98. The fourth-order valence-corrected chi connectivity index (χ4v) is 2.33. The summed E-state index contributed by atoms with van der Waals surface area (Å²) in [6.07, 6.45) is 3.76. The van der Waals surface area contributed by atoms with E-state index in [1.54, 1.807) is 25.4 Å². The second-order valence-corrected chi connectivity index (χ2v) is 5.62. The third kappa shape index (κ3) is 6.06. The van der Waals surface area contributed by atoms with Crippen molar-refractivity contribution >= 4 is 5.96 Å². The third-order valence-electron chi connectivity index (χ3n) is 3.50. The lowest BCUT2D eigenvalue weighted by Crippen LogP contribution is -2.38. The number of aromatic nitrogens is 2. The summed E-state index contributed by atoms with van der Waals surface area (Å²) in [4.78, 5) is 4.13. The van der Waals surface area contributed by atoms with Crippen molar-refractivity contribution in [1.82, 2.24) is 20.4 Å². The van der Waals surface area contributed by atoms with Gasteiger partial charge in [0.2, 0.25) is 0 Å². The number of aryl methyl sites for hydroxylation is 2. The number of hydrogen-bond donors (Lipinski definition) is 2. The van der Waals surface area contributed by atoms with E-state index in [2.05, 4.69) is 25.5 Å². The van der Waals surface area contributed by atoms with Gasteiger partial charge in [0, 0.05) is 31.9 Å². The summed E-state index contributed by atoms with van der Waals surface area (Å²) in [5.74, 6) is 0.740. The van der Waals surface area contributed by atoms with Gasteiger partial charge >= 0.3 is 6.61 Å². The van der Waals surface area contributed by atoms with E-state index < -0.39 is 6.61 Å². The van der Waals surface area contributed by atoms with Crippen LogP contribution in [-0.2, 0) is 13.1 Å². The zero-order valence-corrected chi connectivity index (χ0v) is 14.6. The lowest BCUT2D eigenvalue weighted by Gasteiger charge is -2.15. The zero-order valence-electron chi connectivity index (χ0n) is 14.6. The van der Waals surface area contributed by atoms with Crippen molar-refractivity contribution in [2.75, 3.05) is 13.6 Å². The summed E-state index contributed by atoms with van der Waals surface area (Å²) >= 11 is 0. The van der Waals surface area contributed by atoms with Crippen LogP contribution in [0.2, 0.25) is 0 Å². The van der Waals surface area contributed by atoms with Gasteiger partial charge in [-0.2, -0.15) is 13.9 Å². The number of nitrogens with zero attached hydrogens (tertiary/aromatic N) is 3. The molecule has 0 saturated carbocycles. The third-order valence-corrected chi connectivity index (χ3v) is 3.50. The molecule has 2 aromatic rings. The van der Waals surface area contributed by atoms with Crippen LogP contribution in [-0.4, -0.2) is 35.9 Å². The van der Waals surface area contributed by atoms with E-state index in [0.717, 1.165) is 11.1 Å². The van der Waals surface area contributed by atoms with Crippen LogP contribution in [0.5, 0.6) is 5.75 Å². The van der Waals surface area contributed by atoms with Crippen molar-refractivity contribution in [2.24, 2.45) is 4.99 Å². The van der Waals surface area contributed by atoms with Crippen LogP contribution in [0.25, 0.3) is 0 Å². The molecule has 0 amide bonds. The second kappa shape index (κ2) is 9.00. The van der Waals surface area contributed by atoms with Crippen LogP contribution in [0, 0.1) is 13.8 Å². The smallest absolute Gasteiger partial charge is 0.387 e. The summed E-state index contributed by atoms with van der Waals surface area (Å²) in [5.41, 5.74) is 2.72. The van der Waals surface area contributed by atoms with Crippen LogP contribution in [0.3, 0.4) is 0 Å². The molecule has 6 nitrogen and oxygen atoms in total. The zero-order chi connectivity index (χ0) is 18.2. The van der Waals surface area contributed by atoms with E-state index >= 15 is 0 Å². The van der Waals surface area contributed by atoms with Gasteiger partial charge in [0.25, 0.3) is 0 Å². The summed E-state index contributed by atoms with van der Waals surface area (Å²) in [6.45, 7) is 2.68. The van der Waals surface area contributed by atoms with E-state index in [9.17, 15) is 8.78 Å². The molecule has 25 heavy (non-hydrogen) atoms. The van der Waals surface area contributed by atoms with Gasteiger partial charge in [0.15, 0.2) is 5.96 Å². The highest BCUT2D eigenvalue weighted by atomic mass is 19.3. The quantitative estimate of drug-likeness (QED) is 0.594. The summed E-state index contributed by atoms with van der Waals surface area (Å²) in [7, 11) is 1.65. The predicted molar refractivity (Wildman–Crippen MR) is 93.0 cm³/mol. The maximum absolute atomic E-state index is 12.5. The van der Waals surface area contributed by atoms with Crippen LogP contribution in [0.4, 0.5) is 8.78 Å². The summed E-state index contributed by atoms with van der Waals surface area (Å²) in [5, 5.41) is 10.5. The fraction of sp³-hybridized carbons (Fsp3) is 0.412. The molecule has 2 rings (SSSR count). The number of rotatable bonds is 7. The molecule has 0 fully saturated rings. The lowest BCUT2D eigenvalue weighted by atomic mass is 10.1. The Labute approximate surface area is 145 Å². The second-order valence-electron chi connectivity index (χ2n) is 5.62. The van der Waals surface area contributed by atoms with E-state index in [1.807, 2.05) is 30.8 Å². The number of alkyl halides is 2. The standard InChI is InChI=1S/C17H23F2N5O/c1-12-4-5-15(25-16(18)19)14(8-12)10-22-17(20-3)21-6-7-24-11-13(2)9-23-24/h4-5,8-9,11,16H,6-7,10H2,1-3H3,(H2,20,21,22). The Morgan fingerprint density at radius 1 is 1.28 bits per heavy atom. The maximum Gasteiger partial charge on any atom is 0.387 e. The molecule has 0 spiro atoms. The number of guanidine groups is 1. The van der Waals surface area contributed by atoms with Gasteiger partial charge in [0.05, 0.1) is 12.7 Å². The SMILES string of the molecule is CN=C(NCCn1cc(C)cn1)NCc1cc(C)ccc1OC(F)F. The first-order chi connectivity index (χ1) is 12.0. The minimum atomic E-state index is -2.85. The number of ether oxygens (including phenoxy) is 1. The monoisotopic (exact) mass is 351 g/mol. The van der Waals surface area contributed by atoms with Crippen molar-refractivity contribution in [3.05, 3.63) is 47.3 Å². The first kappa shape index (κ1) is 18.7. The number of halogens is 2. The van der Waals surface area contributed by atoms with Crippen molar-refractivity contribution in [3.8, 4) is 5.75 Å². The molecular formula is C17H23F2N5O. The molecule has 0 aliphatic rings. The minimum absolute atomic E-state index is 0.163. The van der Waals surface area contributed by atoms with Crippen LogP contribution >= 0.6 is 0 Å². The molecule has 1 aromatic carbocycles. The topological polar surface area (TPSA) is 63.5 Å². The average molecular weight is 351 g/mol. The molecule has 0 unspecified atom stereocenters. The number of aliphatic imine (C=N–C) groups is 1. The van der Waals surface area contributed by atoms with Crippen LogP contribution in [0.1, 0.15) is 16.7 Å². The number of benzene rings is 1. The molecule has 1 aromatic heterocycles. The first-order valence-corrected chi connectivity index (χ1v) is 7.96. The molecule has 0 atom stereocenters. The maximum atomic E-state index is 12.5. The predicted octanol–water partition coefficient (Wildman–Crippen LogP) is 2.47. The van der Waals surface area contributed by atoms with Gasteiger partial charge < -0.3 is 15.4 Å². The highest BCUT2D eigenvalue weighted by Crippen LogP contribution is 2.21. The largest absolute Gasteiger partial charge is 0.434 e. The highest BCUT2D eigenvalue weighted by Gasteiger charge is 2.10. The Morgan fingerprint density at radius 3 is 2.72 bits per heavy atom. The van der Waals surface area contributed by atoms with E-state index in [0.29, 0.717) is 31.2 Å². The highest BCUT2D eigenvalue weighted by molar-refractivity contribution is 5.79. The lowest BCUT2D eigenvalue weighted by molar-refractivity contribution is -0.0504. The Kier molecular flexibility index (Phi) is 6.73. The molecule has 136 valence electrons. The molecule has 8 heteroatoms. The molecule has 0 aliphatic heterocycles. The normalized spacial score (nSPS) is 11.7. The van der Waals surface area contributed by atoms with Crippen molar-refractivity contribution in [2.45, 2.75) is 33.5 Å². The van der Waals surface area contributed by atoms with Crippen molar-refractivity contribution in [3.63, 3.8) is 0 Å². The van der Waals surface area contributed by atoms with E-state index in [-0.39, 0.29) is 5.75 Å². The first-order valence-electron chi connectivity index (χ1n) is 7.96. The van der Waals surface area contributed by atoms with Gasteiger partial charge in [-0.05, 0) is 25.5 Å². The van der Waals surface area contributed by atoms with Gasteiger partial charge in [-0.3, -0.25) is 9.67 Å². The van der Waals surface area contributed by atoms with E-state index in [4.69, 9.17) is 0 Å². The fourth-order valence-electron chi connectivity index (χ4n) is 2.33. The molecule has 1 heterocycles. The molecule has 0 radical (unpaired) electrons. The van der Waals surface area contributed by atoms with Gasteiger partial charge in [-0.15, -0.1) is 0 Å². The molecular weight excluding hydrogens is 328 g/mol. The molecule has 2 N–H and O–H groups in total.